The molecule has 170 valence electrons. The third-order valence-electron chi connectivity index (χ3n) is 5.57. The maximum atomic E-state index is 13.2. The molecule has 0 spiro atoms. The maximum absolute atomic E-state index is 13.2. The van der Waals surface area contributed by atoms with Gasteiger partial charge in [-0.15, -0.1) is 11.3 Å². The molecule has 0 radical (unpaired) electrons. The van der Waals surface area contributed by atoms with Crippen LogP contribution in [0.1, 0.15) is 53.6 Å². The van der Waals surface area contributed by atoms with Crippen LogP contribution in [-0.2, 0) is 26.3 Å². The Bertz CT molecular complexity index is 1050. The molecule has 1 fully saturated rings. The lowest BCUT2D eigenvalue weighted by Crippen LogP contribution is -2.44. The van der Waals surface area contributed by atoms with Gasteiger partial charge in [0, 0.05) is 4.88 Å². The quantitative estimate of drug-likeness (QED) is 0.466. The van der Waals surface area contributed by atoms with Crippen molar-refractivity contribution in [1.29, 1.82) is 0 Å². The molecule has 2 aromatic rings. The van der Waals surface area contributed by atoms with Crippen molar-refractivity contribution < 1.29 is 23.9 Å². The van der Waals surface area contributed by atoms with E-state index in [4.69, 9.17) is 4.74 Å². The summed E-state index contributed by atoms with van der Waals surface area (Å²) >= 11 is 1.27. The molecule has 2 heterocycles. The lowest BCUT2D eigenvalue weighted by atomic mass is 9.87. The first-order valence-corrected chi connectivity index (χ1v) is 11.4. The Balaban J connectivity index is 1.82. The molecule has 8 nitrogen and oxygen atoms in total. The van der Waals surface area contributed by atoms with Crippen LogP contribution < -0.4 is 10.6 Å². The summed E-state index contributed by atoms with van der Waals surface area (Å²) in [5.41, 5.74) is 0.598. The average molecular weight is 458 g/mol. The van der Waals surface area contributed by atoms with Gasteiger partial charge in [0.25, 0.3) is 5.91 Å². The number of hydrogen-bond donors (Lipinski definition) is 2. The SMILES string of the molecule is CCOC(=O)c1c(NC(=O)CN2C(=O)N[C@@](CC)(c3ccccc3)C2=O)sc(C)c1CC. The van der Waals surface area contributed by atoms with Gasteiger partial charge in [-0.2, -0.15) is 0 Å². The van der Waals surface area contributed by atoms with E-state index in [0.717, 1.165) is 15.3 Å². The summed E-state index contributed by atoms with van der Waals surface area (Å²) in [7, 11) is 0. The average Bonchev–Trinajstić information content (AvgIpc) is 3.22. The van der Waals surface area contributed by atoms with Crippen molar-refractivity contribution in [3.05, 3.63) is 51.9 Å². The highest BCUT2D eigenvalue weighted by Gasteiger charge is 2.51. The standard InChI is InChI=1S/C23H27N3O5S/c1-5-16-14(4)32-19(18(16)20(28)31-7-3)24-17(27)13-26-21(29)23(6-2,25-22(26)30)15-11-9-8-10-12-15/h8-12H,5-7,13H2,1-4H3,(H,24,27)(H,25,30)/t23-/m0/s1. The number of benzene rings is 1. The van der Waals surface area contributed by atoms with Gasteiger partial charge in [0.15, 0.2) is 0 Å². The molecular weight excluding hydrogens is 430 g/mol. The van der Waals surface area contributed by atoms with Gasteiger partial charge >= 0.3 is 12.0 Å². The summed E-state index contributed by atoms with van der Waals surface area (Å²) < 4.78 is 5.15. The molecule has 1 aliphatic heterocycles. The van der Waals surface area contributed by atoms with E-state index in [0.29, 0.717) is 29.0 Å². The molecule has 0 bridgehead atoms. The number of amides is 4. The summed E-state index contributed by atoms with van der Waals surface area (Å²) in [4.78, 5) is 52.9. The number of aryl methyl sites for hydroxylation is 1. The molecule has 1 aromatic heterocycles. The first-order chi connectivity index (χ1) is 15.3. The minimum atomic E-state index is -1.20. The van der Waals surface area contributed by atoms with Crippen molar-refractivity contribution in [2.75, 3.05) is 18.5 Å². The molecule has 1 aliphatic rings. The van der Waals surface area contributed by atoms with Gasteiger partial charge < -0.3 is 15.4 Å². The van der Waals surface area contributed by atoms with E-state index < -0.39 is 35.9 Å². The van der Waals surface area contributed by atoms with Crippen molar-refractivity contribution in [2.45, 2.75) is 46.1 Å². The van der Waals surface area contributed by atoms with E-state index in [1.54, 1.807) is 38.1 Å². The number of carbonyl (C=O) groups is 4. The van der Waals surface area contributed by atoms with Crippen LogP contribution in [0.15, 0.2) is 30.3 Å². The van der Waals surface area contributed by atoms with Crippen molar-refractivity contribution in [2.24, 2.45) is 0 Å². The highest BCUT2D eigenvalue weighted by Crippen LogP contribution is 2.35. The third kappa shape index (κ3) is 4.12. The number of carbonyl (C=O) groups excluding carboxylic acids is 4. The Morgan fingerprint density at radius 1 is 1.16 bits per heavy atom. The Hall–Kier alpha value is -3.20. The van der Waals surface area contributed by atoms with Crippen LogP contribution >= 0.6 is 11.3 Å². The van der Waals surface area contributed by atoms with E-state index in [-0.39, 0.29) is 6.61 Å². The molecular formula is C23H27N3O5S. The second-order valence-corrected chi connectivity index (χ2v) is 8.63. The Kier molecular flexibility index (Phi) is 6.98. The highest BCUT2D eigenvalue weighted by molar-refractivity contribution is 7.16. The summed E-state index contributed by atoms with van der Waals surface area (Å²) in [6.07, 6.45) is 0.951. The smallest absolute Gasteiger partial charge is 0.341 e. The minimum Gasteiger partial charge on any atom is -0.462 e. The summed E-state index contributed by atoms with van der Waals surface area (Å²) in [5.74, 6) is -1.55. The molecule has 1 atom stereocenters. The fourth-order valence-electron chi connectivity index (χ4n) is 3.95. The van der Waals surface area contributed by atoms with E-state index in [2.05, 4.69) is 10.6 Å². The Labute approximate surface area is 190 Å². The van der Waals surface area contributed by atoms with Gasteiger partial charge in [-0.3, -0.25) is 14.5 Å². The van der Waals surface area contributed by atoms with E-state index in [1.807, 2.05) is 19.9 Å². The molecule has 1 aromatic carbocycles. The summed E-state index contributed by atoms with van der Waals surface area (Å²) in [5, 5.41) is 5.82. The van der Waals surface area contributed by atoms with Gasteiger partial charge in [-0.1, -0.05) is 44.2 Å². The number of anilines is 1. The van der Waals surface area contributed by atoms with Crippen LogP contribution in [0, 0.1) is 6.92 Å². The van der Waals surface area contributed by atoms with Gasteiger partial charge in [0.1, 0.15) is 17.1 Å². The number of hydrogen-bond acceptors (Lipinski definition) is 6. The molecule has 0 aliphatic carbocycles. The molecule has 3 rings (SSSR count). The van der Waals surface area contributed by atoms with Crippen LogP contribution in [0.2, 0.25) is 0 Å². The number of esters is 1. The predicted octanol–water partition coefficient (Wildman–Crippen LogP) is 3.59. The number of nitrogens with zero attached hydrogens (tertiary/aromatic N) is 1. The first kappa shape index (κ1) is 23.5. The van der Waals surface area contributed by atoms with Gasteiger partial charge in [-0.25, -0.2) is 9.59 Å². The van der Waals surface area contributed by atoms with E-state index in [1.165, 1.54) is 11.3 Å². The number of urea groups is 1. The molecule has 9 heteroatoms. The number of nitrogens with one attached hydrogen (secondary N) is 2. The first-order valence-electron chi connectivity index (χ1n) is 10.6. The van der Waals surface area contributed by atoms with Gasteiger partial charge in [0.05, 0.1) is 12.2 Å². The molecule has 0 saturated carbocycles. The predicted molar refractivity (Wildman–Crippen MR) is 122 cm³/mol. The van der Waals surface area contributed by atoms with Crippen LogP contribution in [0.5, 0.6) is 0 Å². The van der Waals surface area contributed by atoms with Gasteiger partial charge in [-0.05, 0) is 37.8 Å². The van der Waals surface area contributed by atoms with Gasteiger partial charge in [0.2, 0.25) is 5.91 Å². The second kappa shape index (κ2) is 9.52. The topological polar surface area (TPSA) is 105 Å². The summed E-state index contributed by atoms with van der Waals surface area (Å²) in [6, 6.07) is 8.34. The normalized spacial score (nSPS) is 17.9. The molecule has 2 N–H and O–H groups in total. The van der Waals surface area contributed by atoms with Crippen LogP contribution in [0.25, 0.3) is 0 Å². The van der Waals surface area contributed by atoms with E-state index in [9.17, 15) is 19.2 Å². The zero-order valence-electron chi connectivity index (χ0n) is 18.6. The number of thiophene rings is 1. The lowest BCUT2D eigenvalue weighted by Gasteiger charge is -2.25. The fourth-order valence-corrected chi connectivity index (χ4v) is 5.10. The molecule has 0 unspecified atom stereocenters. The molecule has 1 saturated heterocycles. The van der Waals surface area contributed by atoms with Crippen LogP contribution in [-0.4, -0.2) is 41.9 Å². The van der Waals surface area contributed by atoms with E-state index >= 15 is 0 Å². The fraction of sp³-hybridized carbons (Fsp3) is 0.391. The Morgan fingerprint density at radius 3 is 2.44 bits per heavy atom. The molecule has 32 heavy (non-hydrogen) atoms. The third-order valence-corrected chi connectivity index (χ3v) is 6.63. The van der Waals surface area contributed by atoms with Crippen molar-refractivity contribution >= 4 is 40.2 Å². The minimum absolute atomic E-state index is 0.214. The van der Waals surface area contributed by atoms with Crippen molar-refractivity contribution in [3.63, 3.8) is 0 Å². The second-order valence-electron chi connectivity index (χ2n) is 7.41. The van der Waals surface area contributed by atoms with Crippen molar-refractivity contribution in [3.8, 4) is 0 Å². The zero-order chi connectivity index (χ0) is 23.5. The number of ether oxygens (including phenoxy) is 1. The van der Waals surface area contributed by atoms with Crippen LogP contribution in [0.3, 0.4) is 0 Å². The Morgan fingerprint density at radius 2 is 1.84 bits per heavy atom. The number of rotatable bonds is 8. The van der Waals surface area contributed by atoms with Crippen LogP contribution in [0.4, 0.5) is 9.80 Å². The largest absolute Gasteiger partial charge is 0.462 e. The monoisotopic (exact) mass is 457 g/mol. The molecule has 4 amide bonds. The van der Waals surface area contributed by atoms with Crippen molar-refractivity contribution in [1.82, 2.24) is 10.2 Å². The number of imide groups is 1. The highest BCUT2D eigenvalue weighted by atomic mass is 32.1. The lowest BCUT2D eigenvalue weighted by molar-refractivity contribution is -0.134. The maximum Gasteiger partial charge on any atom is 0.341 e. The zero-order valence-corrected chi connectivity index (χ0v) is 19.4. The summed E-state index contributed by atoms with van der Waals surface area (Å²) in [6.45, 7) is 7.07.